The maximum absolute atomic E-state index is 14.3. The Hall–Kier alpha value is -1.13. The van der Waals surface area contributed by atoms with Gasteiger partial charge in [0, 0.05) is 38.8 Å². The number of benzene rings is 1. The minimum atomic E-state index is -0.0860. The highest BCUT2D eigenvalue weighted by molar-refractivity contribution is 5.49. The highest BCUT2D eigenvalue weighted by atomic mass is 19.1. The van der Waals surface area contributed by atoms with Crippen molar-refractivity contribution in [1.82, 2.24) is 10.2 Å². The van der Waals surface area contributed by atoms with Crippen LogP contribution in [0.3, 0.4) is 0 Å². The first-order valence-corrected chi connectivity index (χ1v) is 8.20. The fourth-order valence-corrected chi connectivity index (χ4v) is 3.72. The van der Waals surface area contributed by atoms with Crippen molar-refractivity contribution >= 4 is 5.69 Å². The van der Waals surface area contributed by atoms with Crippen LogP contribution in [0.2, 0.25) is 0 Å². The second-order valence-electron chi connectivity index (χ2n) is 6.28. The molecule has 3 nitrogen and oxygen atoms in total. The largest absolute Gasteiger partial charge is 0.367 e. The SMILES string of the molecule is CNCc1ccc(N2CCN(C3CCCC3)CC2)c(F)c1. The fourth-order valence-electron chi connectivity index (χ4n) is 3.72. The number of hydrogen-bond acceptors (Lipinski definition) is 3. The third-order valence-corrected chi connectivity index (χ3v) is 4.89. The summed E-state index contributed by atoms with van der Waals surface area (Å²) in [5.74, 6) is -0.0860. The third kappa shape index (κ3) is 3.38. The van der Waals surface area contributed by atoms with E-state index in [0.29, 0.717) is 6.54 Å². The molecule has 1 aliphatic carbocycles. The molecule has 116 valence electrons. The van der Waals surface area contributed by atoms with E-state index >= 15 is 0 Å². The van der Waals surface area contributed by atoms with E-state index in [0.717, 1.165) is 43.5 Å². The molecule has 0 spiro atoms. The van der Waals surface area contributed by atoms with Crippen LogP contribution in [0.4, 0.5) is 10.1 Å². The van der Waals surface area contributed by atoms with Gasteiger partial charge < -0.3 is 10.2 Å². The Labute approximate surface area is 127 Å². The molecular formula is C17H26FN3. The summed E-state index contributed by atoms with van der Waals surface area (Å²) >= 11 is 0. The molecule has 0 unspecified atom stereocenters. The Balaban J connectivity index is 1.61. The molecule has 2 fully saturated rings. The zero-order valence-corrected chi connectivity index (χ0v) is 12.9. The second-order valence-corrected chi connectivity index (χ2v) is 6.28. The van der Waals surface area contributed by atoms with Crippen LogP contribution >= 0.6 is 0 Å². The van der Waals surface area contributed by atoms with E-state index < -0.39 is 0 Å². The number of anilines is 1. The van der Waals surface area contributed by atoms with Gasteiger partial charge in [0.25, 0.3) is 0 Å². The van der Waals surface area contributed by atoms with Crippen LogP contribution < -0.4 is 10.2 Å². The quantitative estimate of drug-likeness (QED) is 0.920. The number of rotatable bonds is 4. The molecule has 1 N–H and O–H groups in total. The Morgan fingerprint density at radius 3 is 2.48 bits per heavy atom. The summed E-state index contributed by atoms with van der Waals surface area (Å²) in [5.41, 5.74) is 1.77. The maximum atomic E-state index is 14.3. The molecule has 1 saturated carbocycles. The van der Waals surface area contributed by atoms with Gasteiger partial charge in [0.2, 0.25) is 0 Å². The van der Waals surface area contributed by atoms with Crippen molar-refractivity contribution in [2.24, 2.45) is 0 Å². The monoisotopic (exact) mass is 291 g/mol. The molecule has 3 rings (SSSR count). The van der Waals surface area contributed by atoms with Crippen molar-refractivity contribution in [3.8, 4) is 0 Å². The Kier molecular flexibility index (Phi) is 4.76. The molecule has 0 amide bonds. The van der Waals surface area contributed by atoms with Crippen molar-refractivity contribution < 1.29 is 4.39 Å². The topological polar surface area (TPSA) is 18.5 Å². The summed E-state index contributed by atoms with van der Waals surface area (Å²) in [6.45, 7) is 4.75. The molecule has 2 aliphatic rings. The predicted molar refractivity (Wildman–Crippen MR) is 85.2 cm³/mol. The predicted octanol–water partition coefficient (Wildman–Crippen LogP) is 2.61. The van der Waals surface area contributed by atoms with Crippen molar-refractivity contribution in [3.05, 3.63) is 29.6 Å². The molecule has 4 heteroatoms. The molecule has 0 atom stereocenters. The molecule has 0 bridgehead atoms. The third-order valence-electron chi connectivity index (χ3n) is 4.89. The molecule has 1 saturated heterocycles. The lowest BCUT2D eigenvalue weighted by Gasteiger charge is -2.39. The molecule has 1 aromatic rings. The summed E-state index contributed by atoms with van der Waals surface area (Å²) in [7, 11) is 1.88. The Morgan fingerprint density at radius 2 is 1.86 bits per heavy atom. The Bertz CT molecular complexity index is 463. The molecule has 21 heavy (non-hydrogen) atoms. The molecule has 1 aliphatic heterocycles. The van der Waals surface area contributed by atoms with Crippen LogP contribution in [0.25, 0.3) is 0 Å². The van der Waals surface area contributed by atoms with Crippen LogP contribution in [0.1, 0.15) is 31.2 Å². The van der Waals surface area contributed by atoms with Crippen LogP contribution in [0, 0.1) is 5.82 Å². The first kappa shape index (κ1) is 14.8. The summed E-state index contributed by atoms with van der Waals surface area (Å²) < 4.78 is 14.3. The van der Waals surface area contributed by atoms with Crippen molar-refractivity contribution in [3.63, 3.8) is 0 Å². The lowest BCUT2D eigenvalue weighted by atomic mass is 10.1. The van der Waals surface area contributed by atoms with E-state index in [4.69, 9.17) is 0 Å². The average molecular weight is 291 g/mol. The van der Waals surface area contributed by atoms with Gasteiger partial charge in [-0.2, -0.15) is 0 Å². The van der Waals surface area contributed by atoms with Gasteiger partial charge in [0.05, 0.1) is 5.69 Å². The smallest absolute Gasteiger partial charge is 0.146 e. The van der Waals surface area contributed by atoms with Gasteiger partial charge in [-0.05, 0) is 37.6 Å². The lowest BCUT2D eigenvalue weighted by Crippen LogP contribution is -2.50. The fraction of sp³-hybridized carbons (Fsp3) is 0.647. The van der Waals surface area contributed by atoms with Crippen LogP contribution in [0.15, 0.2) is 18.2 Å². The van der Waals surface area contributed by atoms with E-state index in [1.165, 1.54) is 25.7 Å². The van der Waals surface area contributed by atoms with Crippen LogP contribution in [-0.4, -0.2) is 44.2 Å². The van der Waals surface area contributed by atoms with E-state index in [-0.39, 0.29) is 5.82 Å². The zero-order valence-electron chi connectivity index (χ0n) is 12.9. The second kappa shape index (κ2) is 6.75. The summed E-state index contributed by atoms with van der Waals surface area (Å²) in [6.07, 6.45) is 5.47. The lowest BCUT2D eigenvalue weighted by molar-refractivity contribution is 0.187. The molecule has 0 aromatic heterocycles. The van der Waals surface area contributed by atoms with Gasteiger partial charge in [-0.15, -0.1) is 0 Å². The van der Waals surface area contributed by atoms with Gasteiger partial charge in [-0.3, -0.25) is 4.90 Å². The van der Waals surface area contributed by atoms with E-state index in [2.05, 4.69) is 15.1 Å². The van der Waals surface area contributed by atoms with Crippen molar-refractivity contribution in [2.45, 2.75) is 38.3 Å². The van der Waals surface area contributed by atoms with E-state index in [1.807, 2.05) is 19.2 Å². The van der Waals surface area contributed by atoms with Crippen molar-refractivity contribution in [2.75, 3.05) is 38.1 Å². The molecule has 0 radical (unpaired) electrons. The number of halogens is 1. The number of nitrogens with one attached hydrogen (secondary N) is 1. The van der Waals surface area contributed by atoms with Gasteiger partial charge in [-0.25, -0.2) is 4.39 Å². The van der Waals surface area contributed by atoms with E-state index in [9.17, 15) is 4.39 Å². The zero-order chi connectivity index (χ0) is 14.7. The van der Waals surface area contributed by atoms with E-state index in [1.54, 1.807) is 6.07 Å². The number of piperazine rings is 1. The Morgan fingerprint density at radius 1 is 1.14 bits per heavy atom. The minimum absolute atomic E-state index is 0.0860. The van der Waals surface area contributed by atoms with Crippen LogP contribution in [0.5, 0.6) is 0 Å². The molecule has 1 heterocycles. The number of hydrogen-bond donors (Lipinski definition) is 1. The van der Waals surface area contributed by atoms with Gasteiger partial charge >= 0.3 is 0 Å². The summed E-state index contributed by atoms with van der Waals surface area (Å²) in [6, 6.07) is 6.41. The average Bonchev–Trinajstić information content (AvgIpc) is 3.02. The molecule has 1 aromatic carbocycles. The summed E-state index contributed by atoms with van der Waals surface area (Å²) in [4.78, 5) is 4.81. The first-order valence-electron chi connectivity index (χ1n) is 8.20. The van der Waals surface area contributed by atoms with Crippen molar-refractivity contribution in [1.29, 1.82) is 0 Å². The maximum Gasteiger partial charge on any atom is 0.146 e. The normalized spacial score (nSPS) is 21.1. The highest BCUT2D eigenvalue weighted by Crippen LogP contribution is 2.27. The number of nitrogens with zero attached hydrogens (tertiary/aromatic N) is 2. The standard InChI is InChI=1S/C17H26FN3/c1-19-13-14-6-7-17(16(18)12-14)21-10-8-20(9-11-21)15-4-2-3-5-15/h6-7,12,15,19H,2-5,8-11,13H2,1H3. The molecular weight excluding hydrogens is 265 g/mol. The van der Waals surface area contributed by atoms with Gasteiger partial charge in [0.15, 0.2) is 0 Å². The summed E-state index contributed by atoms with van der Waals surface area (Å²) in [5, 5.41) is 3.06. The van der Waals surface area contributed by atoms with Gasteiger partial charge in [0.1, 0.15) is 5.82 Å². The van der Waals surface area contributed by atoms with Gasteiger partial charge in [-0.1, -0.05) is 18.9 Å². The first-order chi connectivity index (χ1) is 10.3. The van der Waals surface area contributed by atoms with Crippen LogP contribution in [-0.2, 0) is 6.54 Å². The highest BCUT2D eigenvalue weighted by Gasteiger charge is 2.26. The minimum Gasteiger partial charge on any atom is -0.367 e.